The molecule has 0 atom stereocenters. The standard InChI is InChI=1S/C20H16FNO3S/c21-18-11-4-5-12-20(18)26(24,25)22-14-19(23)17-10-6-9-16(13-17)15-7-2-1-3-8-15/h1-13,22H,14H2. The summed E-state index contributed by atoms with van der Waals surface area (Å²) in [5, 5.41) is 0. The van der Waals surface area contributed by atoms with Gasteiger partial charge in [0.1, 0.15) is 10.7 Å². The monoisotopic (exact) mass is 369 g/mol. The van der Waals surface area contributed by atoms with Crippen LogP contribution in [0, 0.1) is 5.82 Å². The van der Waals surface area contributed by atoms with Crippen molar-refractivity contribution in [3.05, 3.63) is 90.2 Å². The van der Waals surface area contributed by atoms with Gasteiger partial charge in [-0.3, -0.25) is 4.79 Å². The number of benzene rings is 3. The van der Waals surface area contributed by atoms with Gasteiger partial charge in [0.2, 0.25) is 10.0 Å². The number of nitrogens with one attached hydrogen (secondary N) is 1. The minimum Gasteiger partial charge on any atom is -0.293 e. The summed E-state index contributed by atoms with van der Waals surface area (Å²) in [5.41, 5.74) is 2.19. The smallest absolute Gasteiger partial charge is 0.243 e. The van der Waals surface area contributed by atoms with Crippen LogP contribution in [-0.4, -0.2) is 20.7 Å². The second-order valence-corrected chi connectivity index (χ2v) is 7.36. The maximum absolute atomic E-state index is 13.7. The van der Waals surface area contributed by atoms with Crippen molar-refractivity contribution in [3.63, 3.8) is 0 Å². The van der Waals surface area contributed by atoms with Gasteiger partial charge >= 0.3 is 0 Å². The van der Waals surface area contributed by atoms with Crippen LogP contribution in [0.2, 0.25) is 0 Å². The molecule has 1 N–H and O–H groups in total. The van der Waals surface area contributed by atoms with Crippen molar-refractivity contribution in [2.75, 3.05) is 6.54 Å². The Kier molecular flexibility index (Phi) is 5.25. The molecule has 0 aromatic heterocycles. The van der Waals surface area contributed by atoms with Crippen LogP contribution in [0.3, 0.4) is 0 Å². The number of rotatable bonds is 6. The molecule has 3 rings (SSSR count). The second kappa shape index (κ2) is 7.59. The Hall–Kier alpha value is -2.83. The lowest BCUT2D eigenvalue weighted by Gasteiger charge is -2.08. The molecular formula is C20H16FNO3S. The maximum atomic E-state index is 13.7. The zero-order chi connectivity index (χ0) is 18.6. The Morgan fingerprint density at radius 2 is 1.50 bits per heavy atom. The first-order valence-electron chi connectivity index (χ1n) is 7.90. The molecule has 0 aliphatic heterocycles. The van der Waals surface area contributed by atoms with E-state index in [2.05, 4.69) is 4.72 Å². The average molecular weight is 369 g/mol. The van der Waals surface area contributed by atoms with Gasteiger partial charge in [-0.2, -0.15) is 0 Å². The lowest BCUT2D eigenvalue weighted by Crippen LogP contribution is -2.30. The molecule has 0 radical (unpaired) electrons. The number of carbonyl (C=O) groups excluding carboxylic acids is 1. The summed E-state index contributed by atoms with van der Waals surface area (Å²) in [4.78, 5) is 11.9. The Labute approximate surface area is 151 Å². The van der Waals surface area contributed by atoms with Crippen molar-refractivity contribution in [1.29, 1.82) is 0 Å². The van der Waals surface area contributed by atoms with Crippen molar-refractivity contribution in [1.82, 2.24) is 4.72 Å². The van der Waals surface area contributed by atoms with Crippen molar-refractivity contribution in [3.8, 4) is 11.1 Å². The molecule has 0 fully saturated rings. The van der Waals surface area contributed by atoms with Crippen molar-refractivity contribution in [2.24, 2.45) is 0 Å². The van der Waals surface area contributed by atoms with E-state index in [9.17, 15) is 17.6 Å². The Bertz CT molecular complexity index is 1030. The molecule has 0 aliphatic carbocycles. The summed E-state index contributed by atoms with van der Waals surface area (Å²) in [5.74, 6) is -1.26. The van der Waals surface area contributed by atoms with E-state index in [-0.39, 0.29) is 0 Å². The van der Waals surface area contributed by atoms with E-state index < -0.39 is 33.1 Å². The zero-order valence-electron chi connectivity index (χ0n) is 13.7. The van der Waals surface area contributed by atoms with Crippen LogP contribution in [0.1, 0.15) is 10.4 Å². The first-order chi connectivity index (χ1) is 12.5. The fraction of sp³-hybridized carbons (Fsp3) is 0.0500. The Balaban J connectivity index is 1.76. The van der Waals surface area contributed by atoms with Gasteiger partial charge in [0.05, 0.1) is 6.54 Å². The molecule has 132 valence electrons. The predicted molar refractivity (Wildman–Crippen MR) is 97.8 cm³/mol. The highest BCUT2D eigenvalue weighted by molar-refractivity contribution is 7.89. The fourth-order valence-corrected chi connectivity index (χ4v) is 3.56. The van der Waals surface area contributed by atoms with Gasteiger partial charge in [-0.15, -0.1) is 0 Å². The van der Waals surface area contributed by atoms with Gasteiger partial charge in [0.25, 0.3) is 0 Å². The minimum atomic E-state index is -4.10. The molecule has 6 heteroatoms. The molecular weight excluding hydrogens is 353 g/mol. The Morgan fingerprint density at radius 3 is 2.23 bits per heavy atom. The molecule has 0 aliphatic rings. The summed E-state index contributed by atoms with van der Waals surface area (Å²) in [6.45, 7) is -0.449. The third kappa shape index (κ3) is 4.04. The molecule has 0 bridgehead atoms. The van der Waals surface area contributed by atoms with Gasteiger partial charge in [-0.25, -0.2) is 17.5 Å². The highest BCUT2D eigenvalue weighted by Crippen LogP contribution is 2.20. The van der Waals surface area contributed by atoms with Crippen LogP contribution in [0.25, 0.3) is 11.1 Å². The average Bonchev–Trinajstić information content (AvgIpc) is 2.67. The summed E-state index contributed by atoms with van der Waals surface area (Å²) in [6.07, 6.45) is 0. The van der Waals surface area contributed by atoms with Gasteiger partial charge in [0, 0.05) is 5.56 Å². The number of Topliss-reactive ketones (excluding diaryl/α,β-unsaturated/α-hetero) is 1. The zero-order valence-corrected chi connectivity index (χ0v) is 14.5. The molecule has 26 heavy (non-hydrogen) atoms. The van der Waals surface area contributed by atoms with Gasteiger partial charge in [0.15, 0.2) is 5.78 Å². The van der Waals surface area contributed by atoms with E-state index >= 15 is 0 Å². The SMILES string of the molecule is O=C(CNS(=O)(=O)c1ccccc1F)c1cccc(-c2ccccc2)c1. The number of hydrogen-bond acceptors (Lipinski definition) is 3. The topological polar surface area (TPSA) is 63.2 Å². The number of hydrogen-bond donors (Lipinski definition) is 1. The van der Waals surface area contributed by atoms with Crippen LogP contribution in [0.5, 0.6) is 0 Å². The third-order valence-corrected chi connectivity index (χ3v) is 5.28. The molecule has 0 heterocycles. The largest absolute Gasteiger partial charge is 0.293 e. The summed E-state index contributed by atoms with van der Waals surface area (Å²) < 4.78 is 40.2. The van der Waals surface area contributed by atoms with E-state index in [4.69, 9.17) is 0 Å². The van der Waals surface area contributed by atoms with Crippen LogP contribution in [0.4, 0.5) is 4.39 Å². The van der Waals surface area contributed by atoms with Crippen LogP contribution < -0.4 is 4.72 Å². The van der Waals surface area contributed by atoms with E-state index in [1.54, 1.807) is 18.2 Å². The molecule has 0 saturated carbocycles. The maximum Gasteiger partial charge on any atom is 0.243 e. The Morgan fingerprint density at radius 1 is 0.846 bits per heavy atom. The summed E-state index contributed by atoms with van der Waals surface area (Å²) in [7, 11) is -4.10. The van der Waals surface area contributed by atoms with Crippen LogP contribution in [-0.2, 0) is 10.0 Å². The highest BCUT2D eigenvalue weighted by Gasteiger charge is 2.19. The molecule has 0 amide bonds. The van der Waals surface area contributed by atoms with E-state index in [1.165, 1.54) is 12.1 Å². The third-order valence-electron chi connectivity index (χ3n) is 3.84. The molecule has 4 nitrogen and oxygen atoms in total. The normalized spacial score (nSPS) is 11.3. The van der Waals surface area contributed by atoms with Crippen molar-refractivity contribution >= 4 is 15.8 Å². The van der Waals surface area contributed by atoms with Gasteiger partial charge < -0.3 is 0 Å². The number of sulfonamides is 1. The van der Waals surface area contributed by atoms with E-state index in [0.717, 1.165) is 23.3 Å². The first kappa shape index (κ1) is 18.0. The van der Waals surface area contributed by atoms with Crippen molar-refractivity contribution in [2.45, 2.75) is 4.90 Å². The molecule has 0 unspecified atom stereocenters. The molecule has 3 aromatic rings. The van der Waals surface area contributed by atoms with Gasteiger partial charge in [-0.1, -0.05) is 60.7 Å². The van der Waals surface area contributed by atoms with Crippen LogP contribution in [0.15, 0.2) is 83.8 Å². The number of halogens is 1. The quantitative estimate of drug-likeness (QED) is 0.675. The lowest BCUT2D eigenvalue weighted by molar-refractivity contribution is 0.0997. The predicted octanol–water partition coefficient (Wildman–Crippen LogP) is 3.65. The summed E-state index contributed by atoms with van der Waals surface area (Å²) >= 11 is 0. The number of carbonyl (C=O) groups is 1. The first-order valence-corrected chi connectivity index (χ1v) is 9.38. The number of ketones is 1. The van der Waals surface area contributed by atoms with Gasteiger partial charge in [-0.05, 0) is 29.3 Å². The van der Waals surface area contributed by atoms with E-state index in [0.29, 0.717) is 5.56 Å². The summed E-state index contributed by atoms with van der Waals surface area (Å²) in [6, 6.07) is 21.5. The highest BCUT2D eigenvalue weighted by atomic mass is 32.2. The van der Waals surface area contributed by atoms with E-state index in [1.807, 2.05) is 36.4 Å². The fourth-order valence-electron chi connectivity index (χ4n) is 2.51. The molecule has 3 aromatic carbocycles. The minimum absolute atomic E-state index is 0.377. The molecule has 0 saturated heterocycles. The lowest BCUT2D eigenvalue weighted by atomic mass is 10.0. The molecule has 0 spiro atoms. The van der Waals surface area contributed by atoms with Crippen LogP contribution >= 0.6 is 0 Å². The second-order valence-electron chi connectivity index (χ2n) is 5.62. The van der Waals surface area contributed by atoms with Crippen molar-refractivity contribution < 1.29 is 17.6 Å².